The van der Waals surface area contributed by atoms with Gasteiger partial charge in [-0.25, -0.2) is 14.6 Å². The summed E-state index contributed by atoms with van der Waals surface area (Å²) in [7, 11) is 0. The van der Waals surface area contributed by atoms with E-state index >= 15 is 0 Å². The Bertz CT molecular complexity index is 1010. The van der Waals surface area contributed by atoms with E-state index in [1.165, 1.54) is 4.90 Å². The standard InChI is InChI=1S/C21H27ClN4O5/c1-12-24-17-16-13(10-22)11-26(20(28)31-21(2,3)4)14(16)9-15(18(17)29-12)30-19(27)25-7-5-23-6-8-25/h9,13,23H,5-8,10-11H2,1-4H3. The highest BCUT2D eigenvalue weighted by atomic mass is 35.5. The first kappa shape index (κ1) is 21.7. The highest BCUT2D eigenvalue weighted by Gasteiger charge is 2.38. The molecule has 2 aromatic rings. The molecule has 1 N–H and O–H groups in total. The molecule has 31 heavy (non-hydrogen) atoms. The van der Waals surface area contributed by atoms with Gasteiger partial charge in [0.15, 0.2) is 17.2 Å². The first-order chi connectivity index (χ1) is 14.7. The van der Waals surface area contributed by atoms with Crippen LogP contribution in [0, 0.1) is 6.92 Å². The van der Waals surface area contributed by atoms with E-state index in [1.54, 1.807) is 17.9 Å². The van der Waals surface area contributed by atoms with Gasteiger partial charge >= 0.3 is 12.2 Å². The van der Waals surface area contributed by atoms with Crippen LogP contribution in [0.1, 0.15) is 38.1 Å². The molecule has 168 valence electrons. The van der Waals surface area contributed by atoms with Crippen LogP contribution < -0.4 is 15.0 Å². The van der Waals surface area contributed by atoms with Gasteiger partial charge in [0.1, 0.15) is 11.1 Å². The fourth-order valence-corrected chi connectivity index (χ4v) is 4.15. The molecule has 1 unspecified atom stereocenters. The van der Waals surface area contributed by atoms with Gasteiger partial charge in [-0.1, -0.05) is 0 Å². The van der Waals surface area contributed by atoms with Crippen LogP contribution in [0.2, 0.25) is 0 Å². The number of carbonyl (C=O) groups is 2. The fraction of sp³-hybridized carbons (Fsp3) is 0.571. The first-order valence-electron chi connectivity index (χ1n) is 10.4. The second kappa shape index (κ2) is 8.20. The third-order valence-electron chi connectivity index (χ3n) is 5.23. The van der Waals surface area contributed by atoms with Gasteiger partial charge in [-0.3, -0.25) is 4.90 Å². The zero-order valence-corrected chi connectivity index (χ0v) is 18.9. The third-order valence-corrected chi connectivity index (χ3v) is 5.60. The van der Waals surface area contributed by atoms with E-state index in [-0.39, 0.29) is 11.7 Å². The van der Waals surface area contributed by atoms with Crippen LogP contribution in [0.25, 0.3) is 11.1 Å². The predicted molar refractivity (Wildman–Crippen MR) is 116 cm³/mol. The first-order valence-corrected chi connectivity index (χ1v) is 10.9. The van der Waals surface area contributed by atoms with Crippen molar-refractivity contribution in [3.8, 4) is 5.75 Å². The summed E-state index contributed by atoms with van der Waals surface area (Å²) < 4.78 is 17.1. The Kier molecular flexibility index (Phi) is 5.74. The number of carbonyl (C=O) groups excluding carboxylic acids is 2. The van der Waals surface area contributed by atoms with Crippen LogP contribution in [0.5, 0.6) is 5.75 Å². The summed E-state index contributed by atoms with van der Waals surface area (Å²) in [5, 5.41) is 3.20. The summed E-state index contributed by atoms with van der Waals surface area (Å²) in [5.41, 5.74) is 1.65. The number of nitrogens with zero attached hydrogens (tertiary/aromatic N) is 3. The number of anilines is 1. The molecule has 0 aliphatic carbocycles. The van der Waals surface area contributed by atoms with Crippen molar-refractivity contribution in [2.45, 2.75) is 39.2 Å². The van der Waals surface area contributed by atoms with Crippen molar-refractivity contribution < 1.29 is 23.5 Å². The van der Waals surface area contributed by atoms with Gasteiger partial charge in [0.05, 0.1) is 5.69 Å². The minimum Gasteiger partial charge on any atom is -0.443 e. The summed E-state index contributed by atoms with van der Waals surface area (Å²) in [6.45, 7) is 10.0. The van der Waals surface area contributed by atoms with Gasteiger partial charge in [-0.05, 0) is 20.8 Å². The molecule has 9 nitrogen and oxygen atoms in total. The van der Waals surface area contributed by atoms with Gasteiger partial charge in [0.2, 0.25) is 0 Å². The zero-order chi connectivity index (χ0) is 22.3. The number of alkyl halides is 1. The van der Waals surface area contributed by atoms with Crippen molar-refractivity contribution in [2.24, 2.45) is 0 Å². The van der Waals surface area contributed by atoms with Crippen molar-refractivity contribution in [3.05, 3.63) is 17.5 Å². The Labute approximate surface area is 185 Å². The molecule has 10 heteroatoms. The summed E-state index contributed by atoms with van der Waals surface area (Å²) in [6.07, 6.45) is -0.951. The number of benzene rings is 1. The number of aromatic nitrogens is 1. The molecular weight excluding hydrogens is 424 g/mol. The number of amides is 2. The van der Waals surface area contributed by atoms with Crippen LogP contribution in [0.4, 0.5) is 15.3 Å². The Morgan fingerprint density at radius 2 is 2.00 bits per heavy atom. The number of hydrogen-bond acceptors (Lipinski definition) is 7. The summed E-state index contributed by atoms with van der Waals surface area (Å²) in [5.74, 6) is 0.815. The minimum atomic E-state index is -0.650. The molecule has 1 saturated heterocycles. The molecule has 4 rings (SSSR count). The number of hydrogen-bond donors (Lipinski definition) is 1. The van der Waals surface area contributed by atoms with E-state index in [0.717, 1.165) is 5.56 Å². The summed E-state index contributed by atoms with van der Waals surface area (Å²) >= 11 is 6.24. The average molecular weight is 451 g/mol. The SMILES string of the molecule is Cc1nc2c3c(cc(OC(=O)N4CCNCC4)c2o1)N(C(=O)OC(C)(C)C)CC3CCl. The molecule has 2 aliphatic heterocycles. The number of nitrogens with one attached hydrogen (secondary N) is 1. The molecule has 1 aromatic carbocycles. The Morgan fingerprint density at radius 1 is 1.29 bits per heavy atom. The van der Waals surface area contributed by atoms with Crippen LogP contribution in [-0.2, 0) is 4.74 Å². The van der Waals surface area contributed by atoms with Crippen molar-refractivity contribution in [3.63, 3.8) is 0 Å². The van der Waals surface area contributed by atoms with E-state index in [4.69, 9.17) is 25.5 Å². The van der Waals surface area contributed by atoms with E-state index < -0.39 is 17.8 Å². The number of ether oxygens (including phenoxy) is 2. The second-order valence-electron chi connectivity index (χ2n) is 8.77. The van der Waals surface area contributed by atoms with Crippen LogP contribution in [0.15, 0.2) is 10.5 Å². The van der Waals surface area contributed by atoms with Gasteiger partial charge in [-0.15, -0.1) is 11.6 Å². The summed E-state index contributed by atoms with van der Waals surface area (Å²) in [6, 6.07) is 1.65. The Morgan fingerprint density at radius 3 is 2.65 bits per heavy atom. The summed E-state index contributed by atoms with van der Waals surface area (Å²) in [4.78, 5) is 33.3. The maximum absolute atomic E-state index is 12.9. The molecular formula is C21H27ClN4O5. The van der Waals surface area contributed by atoms with Gasteiger partial charge in [0, 0.05) is 63.1 Å². The second-order valence-corrected chi connectivity index (χ2v) is 9.07. The van der Waals surface area contributed by atoms with E-state index in [1.807, 2.05) is 20.8 Å². The number of rotatable bonds is 2. The van der Waals surface area contributed by atoms with Gasteiger partial charge in [-0.2, -0.15) is 0 Å². The van der Waals surface area contributed by atoms with E-state index in [2.05, 4.69) is 10.3 Å². The molecule has 2 aliphatic rings. The monoisotopic (exact) mass is 450 g/mol. The zero-order valence-electron chi connectivity index (χ0n) is 18.2. The minimum absolute atomic E-state index is 0.144. The number of aryl methyl sites for hydroxylation is 1. The molecule has 0 saturated carbocycles. The van der Waals surface area contributed by atoms with Crippen LogP contribution >= 0.6 is 11.6 Å². The van der Waals surface area contributed by atoms with Crippen LogP contribution in [0.3, 0.4) is 0 Å². The maximum atomic E-state index is 12.9. The van der Waals surface area contributed by atoms with Crippen molar-refractivity contribution in [1.82, 2.24) is 15.2 Å². The highest BCUT2D eigenvalue weighted by Crippen LogP contribution is 2.46. The van der Waals surface area contributed by atoms with E-state index in [9.17, 15) is 9.59 Å². The number of fused-ring (bicyclic) bond motifs is 3. The number of piperazine rings is 1. The molecule has 1 aromatic heterocycles. The molecule has 1 fully saturated rings. The predicted octanol–water partition coefficient (Wildman–Crippen LogP) is 3.62. The fourth-order valence-electron chi connectivity index (χ4n) is 3.90. The Hall–Kier alpha value is -2.52. The lowest BCUT2D eigenvalue weighted by Gasteiger charge is -2.27. The number of oxazole rings is 1. The van der Waals surface area contributed by atoms with Crippen molar-refractivity contribution in [1.29, 1.82) is 0 Å². The Balaban J connectivity index is 1.75. The van der Waals surface area contributed by atoms with Crippen LogP contribution in [-0.4, -0.2) is 66.3 Å². The lowest BCUT2D eigenvalue weighted by molar-refractivity contribution is 0.0582. The third kappa shape index (κ3) is 4.29. The molecule has 1 atom stereocenters. The van der Waals surface area contributed by atoms with Gasteiger partial charge < -0.3 is 24.1 Å². The molecule has 0 bridgehead atoms. The van der Waals surface area contributed by atoms with E-state index in [0.29, 0.717) is 61.3 Å². The van der Waals surface area contributed by atoms with Crippen molar-refractivity contribution >= 4 is 40.6 Å². The van der Waals surface area contributed by atoms with Crippen molar-refractivity contribution in [2.75, 3.05) is 43.5 Å². The lowest BCUT2D eigenvalue weighted by Crippen LogP contribution is -2.47. The topological polar surface area (TPSA) is 97.1 Å². The molecule has 0 spiro atoms. The van der Waals surface area contributed by atoms with Gasteiger partial charge in [0.25, 0.3) is 0 Å². The molecule has 2 amide bonds. The quantitative estimate of drug-likeness (QED) is 0.698. The normalized spacial score (nSPS) is 18.9. The lowest BCUT2D eigenvalue weighted by atomic mass is 10.0. The highest BCUT2D eigenvalue weighted by molar-refractivity contribution is 6.19. The average Bonchev–Trinajstić information content (AvgIpc) is 3.27. The molecule has 0 radical (unpaired) electrons. The number of halogens is 1. The largest absolute Gasteiger partial charge is 0.443 e. The smallest absolute Gasteiger partial charge is 0.415 e. The molecule has 3 heterocycles. The maximum Gasteiger partial charge on any atom is 0.415 e.